The van der Waals surface area contributed by atoms with E-state index < -0.39 is 0 Å². The highest BCUT2D eigenvalue weighted by atomic mass is 35.5. The number of nitrogens with zero attached hydrogens (tertiary/aromatic N) is 3. The van der Waals surface area contributed by atoms with E-state index in [9.17, 15) is 4.79 Å². The van der Waals surface area contributed by atoms with Gasteiger partial charge in [0, 0.05) is 61.7 Å². The van der Waals surface area contributed by atoms with E-state index in [1.165, 1.54) is 5.56 Å². The summed E-state index contributed by atoms with van der Waals surface area (Å²) in [5.74, 6) is 0. The zero-order valence-electron chi connectivity index (χ0n) is 14.5. The highest BCUT2D eigenvalue weighted by Gasteiger charge is 2.20. The molecule has 2 heterocycles. The summed E-state index contributed by atoms with van der Waals surface area (Å²) in [6.45, 7) is 4.62. The minimum atomic E-state index is -0.0175. The Morgan fingerprint density at radius 2 is 1.96 bits per heavy atom. The quantitative estimate of drug-likeness (QED) is 0.847. The Kier molecular flexibility index (Phi) is 6.72. The van der Waals surface area contributed by atoms with Gasteiger partial charge in [0.15, 0.2) is 0 Å². The maximum Gasteiger partial charge on any atom is 0.317 e. The molecule has 2 aromatic rings. The molecule has 0 aliphatic carbocycles. The molecule has 0 spiro atoms. The van der Waals surface area contributed by atoms with Gasteiger partial charge in [-0.05, 0) is 35.7 Å². The topological polar surface area (TPSA) is 48.5 Å². The monoisotopic (exact) mass is 392 g/mol. The lowest BCUT2D eigenvalue weighted by Crippen LogP contribution is -2.51. The summed E-state index contributed by atoms with van der Waals surface area (Å²) in [5.41, 5.74) is 2.18. The van der Waals surface area contributed by atoms with E-state index in [0.717, 1.165) is 38.3 Å². The van der Waals surface area contributed by atoms with Crippen molar-refractivity contribution in [2.75, 3.05) is 32.7 Å². The molecule has 7 heteroatoms. The van der Waals surface area contributed by atoms with Crippen LogP contribution in [0.3, 0.4) is 0 Å². The Balaban J connectivity index is 1.39. The first kappa shape index (κ1) is 19.0. The molecule has 1 aromatic heterocycles. The summed E-state index contributed by atoms with van der Waals surface area (Å²) < 4.78 is 0. The number of halogens is 2. The Morgan fingerprint density at radius 1 is 1.15 bits per heavy atom. The maximum atomic E-state index is 12.3. The second-order valence-corrected chi connectivity index (χ2v) is 7.19. The van der Waals surface area contributed by atoms with Gasteiger partial charge in [-0.2, -0.15) is 0 Å². The Labute approximate surface area is 163 Å². The highest BCUT2D eigenvalue weighted by Crippen LogP contribution is 2.21. The summed E-state index contributed by atoms with van der Waals surface area (Å²) in [6, 6.07) is 9.44. The zero-order chi connectivity index (χ0) is 18.4. The number of urea groups is 1. The molecule has 0 unspecified atom stereocenters. The number of hydrogen-bond donors (Lipinski definition) is 1. The highest BCUT2D eigenvalue weighted by molar-refractivity contribution is 6.35. The summed E-state index contributed by atoms with van der Waals surface area (Å²) >= 11 is 12.1. The third kappa shape index (κ3) is 5.34. The van der Waals surface area contributed by atoms with Crippen LogP contribution in [0.2, 0.25) is 10.0 Å². The van der Waals surface area contributed by atoms with Crippen LogP contribution in [0, 0.1) is 0 Å². The molecule has 0 atom stereocenters. The lowest BCUT2D eigenvalue weighted by atomic mass is 10.1. The van der Waals surface area contributed by atoms with Gasteiger partial charge < -0.3 is 10.2 Å². The van der Waals surface area contributed by atoms with Gasteiger partial charge in [-0.3, -0.25) is 9.88 Å². The standard InChI is InChI=1S/C19H22Cl2N4O/c20-17-4-3-16(18(21)12-17)5-7-23-19(26)25-10-8-24(9-11-25)14-15-2-1-6-22-13-15/h1-4,6,12-13H,5,7-11,14H2,(H,23,26). The minimum absolute atomic E-state index is 0.0175. The van der Waals surface area contributed by atoms with Crippen molar-refractivity contribution in [3.8, 4) is 0 Å². The summed E-state index contributed by atoms with van der Waals surface area (Å²) in [4.78, 5) is 20.7. The summed E-state index contributed by atoms with van der Waals surface area (Å²) in [5, 5.41) is 4.23. The molecule has 1 aliphatic rings. The molecule has 1 aromatic carbocycles. The van der Waals surface area contributed by atoms with E-state index in [1.54, 1.807) is 12.3 Å². The number of benzene rings is 1. The number of nitrogens with one attached hydrogen (secondary N) is 1. The van der Waals surface area contributed by atoms with Crippen molar-refractivity contribution in [2.24, 2.45) is 0 Å². The van der Waals surface area contributed by atoms with Crippen LogP contribution in [0.5, 0.6) is 0 Å². The molecular weight excluding hydrogens is 371 g/mol. The molecule has 138 valence electrons. The van der Waals surface area contributed by atoms with Gasteiger partial charge in [-0.25, -0.2) is 4.79 Å². The van der Waals surface area contributed by atoms with Crippen molar-refractivity contribution in [3.05, 3.63) is 63.9 Å². The van der Waals surface area contributed by atoms with Gasteiger partial charge in [0.2, 0.25) is 0 Å². The third-order valence-electron chi connectivity index (χ3n) is 4.47. The SMILES string of the molecule is O=C(NCCc1ccc(Cl)cc1Cl)N1CCN(Cc2cccnc2)CC1. The molecule has 26 heavy (non-hydrogen) atoms. The number of amides is 2. The normalized spacial score (nSPS) is 15.1. The molecule has 1 N–H and O–H groups in total. The number of rotatable bonds is 5. The van der Waals surface area contributed by atoms with Crippen molar-refractivity contribution in [1.29, 1.82) is 0 Å². The number of carbonyl (C=O) groups is 1. The molecule has 1 fully saturated rings. The van der Waals surface area contributed by atoms with Gasteiger partial charge in [0.1, 0.15) is 0 Å². The van der Waals surface area contributed by atoms with E-state index >= 15 is 0 Å². The van der Waals surface area contributed by atoms with Crippen LogP contribution in [-0.2, 0) is 13.0 Å². The van der Waals surface area contributed by atoms with Gasteiger partial charge in [-0.15, -0.1) is 0 Å². The van der Waals surface area contributed by atoms with Crippen LogP contribution < -0.4 is 5.32 Å². The second-order valence-electron chi connectivity index (χ2n) is 6.34. The second kappa shape index (κ2) is 9.21. The molecule has 2 amide bonds. The van der Waals surface area contributed by atoms with Crippen molar-refractivity contribution < 1.29 is 4.79 Å². The van der Waals surface area contributed by atoms with E-state index in [-0.39, 0.29) is 6.03 Å². The molecule has 0 saturated carbocycles. The molecule has 1 aliphatic heterocycles. The lowest BCUT2D eigenvalue weighted by molar-refractivity contribution is 0.135. The Bertz CT molecular complexity index is 734. The van der Waals surface area contributed by atoms with Crippen LogP contribution in [0.1, 0.15) is 11.1 Å². The van der Waals surface area contributed by atoms with Gasteiger partial charge >= 0.3 is 6.03 Å². The smallest absolute Gasteiger partial charge is 0.317 e. The number of aromatic nitrogens is 1. The van der Waals surface area contributed by atoms with Crippen LogP contribution in [0.15, 0.2) is 42.7 Å². The maximum absolute atomic E-state index is 12.3. The number of carbonyl (C=O) groups excluding carboxylic acids is 1. The van der Waals surface area contributed by atoms with Crippen LogP contribution in [0.25, 0.3) is 0 Å². The first-order chi connectivity index (χ1) is 12.6. The first-order valence-electron chi connectivity index (χ1n) is 8.70. The summed E-state index contributed by atoms with van der Waals surface area (Å²) in [6.07, 6.45) is 4.35. The lowest BCUT2D eigenvalue weighted by Gasteiger charge is -2.34. The van der Waals surface area contributed by atoms with Crippen LogP contribution in [0.4, 0.5) is 4.79 Å². The molecular formula is C19H22Cl2N4O. The average Bonchev–Trinajstić information content (AvgIpc) is 2.65. The fraction of sp³-hybridized carbons (Fsp3) is 0.368. The largest absolute Gasteiger partial charge is 0.338 e. The Hall–Kier alpha value is -1.82. The molecule has 0 radical (unpaired) electrons. The molecule has 3 rings (SSSR count). The fourth-order valence-corrected chi connectivity index (χ4v) is 3.50. The minimum Gasteiger partial charge on any atom is -0.338 e. The van der Waals surface area contributed by atoms with Crippen molar-refractivity contribution in [2.45, 2.75) is 13.0 Å². The third-order valence-corrected chi connectivity index (χ3v) is 5.06. The average molecular weight is 393 g/mol. The van der Waals surface area contributed by atoms with Crippen molar-refractivity contribution >= 4 is 29.2 Å². The van der Waals surface area contributed by atoms with E-state index in [2.05, 4.69) is 21.3 Å². The van der Waals surface area contributed by atoms with Crippen LogP contribution >= 0.6 is 23.2 Å². The molecule has 0 bridgehead atoms. The zero-order valence-corrected chi connectivity index (χ0v) is 16.0. The van der Waals surface area contributed by atoms with Crippen LogP contribution in [-0.4, -0.2) is 53.5 Å². The van der Waals surface area contributed by atoms with E-state index in [1.807, 2.05) is 29.3 Å². The van der Waals surface area contributed by atoms with Gasteiger partial charge in [0.25, 0.3) is 0 Å². The number of pyridine rings is 1. The predicted molar refractivity (Wildman–Crippen MR) is 105 cm³/mol. The van der Waals surface area contributed by atoms with E-state index in [4.69, 9.17) is 23.2 Å². The van der Waals surface area contributed by atoms with Crippen molar-refractivity contribution in [1.82, 2.24) is 20.1 Å². The predicted octanol–water partition coefficient (Wildman–Crippen LogP) is 3.46. The first-order valence-corrected chi connectivity index (χ1v) is 9.45. The van der Waals surface area contributed by atoms with Crippen molar-refractivity contribution in [3.63, 3.8) is 0 Å². The molecule has 1 saturated heterocycles. The number of piperazine rings is 1. The Morgan fingerprint density at radius 3 is 2.65 bits per heavy atom. The summed E-state index contributed by atoms with van der Waals surface area (Å²) in [7, 11) is 0. The van der Waals surface area contributed by atoms with E-state index in [0.29, 0.717) is 23.0 Å². The van der Waals surface area contributed by atoms with Gasteiger partial charge in [0.05, 0.1) is 0 Å². The number of hydrogen-bond acceptors (Lipinski definition) is 3. The molecule has 5 nitrogen and oxygen atoms in total. The van der Waals surface area contributed by atoms with Gasteiger partial charge in [-0.1, -0.05) is 35.3 Å². The fourth-order valence-electron chi connectivity index (χ4n) is 3.00.